The third kappa shape index (κ3) is 4.63. The summed E-state index contributed by atoms with van der Waals surface area (Å²) in [6.07, 6.45) is 3.38. The summed E-state index contributed by atoms with van der Waals surface area (Å²) in [5, 5.41) is 12.1. The number of fused-ring (bicyclic) bond motifs is 1. The SMILES string of the molecule is CCOc1cc(F)c(Cn2nc(C3=NCC(CN)=C(Nc4ccncc4)N3)c3ccccc32)c(F)c1. The zero-order valence-corrected chi connectivity index (χ0v) is 19.6. The number of nitrogens with zero attached hydrogens (tertiary/aromatic N) is 4. The maximum atomic E-state index is 14.8. The summed E-state index contributed by atoms with van der Waals surface area (Å²) in [4.78, 5) is 8.70. The Morgan fingerprint density at radius 3 is 2.58 bits per heavy atom. The molecule has 0 saturated carbocycles. The van der Waals surface area contributed by atoms with Crippen LogP contribution in [0.4, 0.5) is 14.5 Å². The van der Waals surface area contributed by atoms with Crippen LogP contribution in [0.15, 0.2) is 77.3 Å². The second-order valence-electron chi connectivity index (χ2n) is 8.16. The fourth-order valence-corrected chi connectivity index (χ4v) is 4.05. The van der Waals surface area contributed by atoms with Crippen LogP contribution in [0.5, 0.6) is 5.75 Å². The van der Waals surface area contributed by atoms with Crippen LogP contribution in [-0.4, -0.2) is 40.3 Å². The van der Waals surface area contributed by atoms with Gasteiger partial charge in [0.25, 0.3) is 0 Å². The van der Waals surface area contributed by atoms with E-state index in [-0.39, 0.29) is 17.9 Å². The van der Waals surface area contributed by atoms with Crippen LogP contribution in [0.2, 0.25) is 0 Å². The number of benzene rings is 2. The molecule has 0 fully saturated rings. The minimum absolute atomic E-state index is 0.0934. The van der Waals surface area contributed by atoms with Gasteiger partial charge in [-0.25, -0.2) is 8.78 Å². The lowest BCUT2D eigenvalue weighted by Crippen LogP contribution is -2.35. The highest BCUT2D eigenvalue weighted by molar-refractivity contribution is 6.09. The van der Waals surface area contributed by atoms with Crippen molar-refractivity contribution in [1.82, 2.24) is 20.1 Å². The van der Waals surface area contributed by atoms with Gasteiger partial charge in [0.05, 0.1) is 25.2 Å². The number of anilines is 1. The Labute approximate surface area is 206 Å². The van der Waals surface area contributed by atoms with E-state index in [2.05, 4.69) is 20.6 Å². The smallest absolute Gasteiger partial charge is 0.155 e. The first kappa shape index (κ1) is 23.4. The molecule has 2 aromatic carbocycles. The molecular formula is C26H25F2N7O. The number of hydrogen-bond acceptors (Lipinski definition) is 7. The van der Waals surface area contributed by atoms with Crippen LogP contribution in [0.3, 0.4) is 0 Å². The summed E-state index contributed by atoms with van der Waals surface area (Å²) in [5.41, 5.74) is 8.90. The lowest BCUT2D eigenvalue weighted by Gasteiger charge is -2.22. The predicted molar refractivity (Wildman–Crippen MR) is 135 cm³/mol. The molecule has 0 radical (unpaired) electrons. The highest BCUT2D eigenvalue weighted by atomic mass is 19.1. The van der Waals surface area contributed by atoms with Crippen molar-refractivity contribution in [2.24, 2.45) is 10.7 Å². The van der Waals surface area contributed by atoms with Gasteiger partial charge in [0, 0.05) is 53.3 Å². The van der Waals surface area contributed by atoms with Crippen LogP contribution in [0, 0.1) is 11.6 Å². The van der Waals surface area contributed by atoms with Gasteiger partial charge >= 0.3 is 0 Å². The number of ether oxygens (including phenoxy) is 1. The van der Waals surface area contributed by atoms with Crippen molar-refractivity contribution in [1.29, 1.82) is 0 Å². The molecule has 0 bridgehead atoms. The first-order valence-corrected chi connectivity index (χ1v) is 11.5. The van der Waals surface area contributed by atoms with E-state index in [1.165, 1.54) is 12.1 Å². The average molecular weight is 490 g/mol. The molecule has 5 rings (SSSR count). The number of pyridine rings is 1. The number of nitrogens with two attached hydrogens (primary N) is 1. The van der Waals surface area contributed by atoms with Crippen molar-refractivity contribution in [2.75, 3.05) is 25.0 Å². The van der Waals surface area contributed by atoms with E-state index in [1.54, 1.807) is 24.0 Å². The zero-order valence-electron chi connectivity index (χ0n) is 19.6. The van der Waals surface area contributed by atoms with Gasteiger partial charge in [-0.1, -0.05) is 18.2 Å². The lowest BCUT2D eigenvalue weighted by molar-refractivity contribution is 0.335. The second-order valence-corrected chi connectivity index (χ2v) is 8.16. The largest absolute Gasteiger partial charge is 0.494 e. The Kier molecular flexibility index (Phi) is 6.59. The van der Waals surface area contributed by atoms with Gasteiger partial charge in [-0.3, -0.25) is 14.7 Å². The van der Waals surface area contributed by atoms with Crippen molar-refractivity contribution >= 4 is 22.4 Å². The van der Waals surface area contributed by atoms with Gasteiger partial charge < -0.3 is 21.1 Å². The Morgan fingerprint density at radius 2 is 1.86 bits per heavy atom. The number of rotatable bonds is 8. The van der Waals surface area contributed by atoms with Crippen LogP contribution >= 0.6 is 0 Å². The molecule has 3 heterocycles. The summed E-state index contributed by atoms with van der Waals surface area (Å²) in [7, 11) is 0. The molecular weight excluding hydrogens is 464 g/mol. The fraction of sp³-hybridized carbons (Fsp3) is 0.192. The van der Waals surface area contributed by atoms with Gasteiger partial charge in [-0.2, -0.15) is 5.10 Å². The van der Waals surface area contributed by atoms with Crippen LogP contribution in [-0.2, 0) is 6.54 Å². The third-order valence-corrected chi connectivity index (χ3v) is 5.84. The molecule has 0 unspecified atom stereocenters. The predicted octanol–water partition coefficient (Wildman–Crippen LogP) is 3.79. The highest BCUT2D eigenvalue weighted by Gasteiger charge is 2.22. The molecule has 2 aromatic heterocycles. The standard InChI is InChI=1S/C26H25F2N7O/c1-2-36-18-11-21(27)20(22(28)12-18)15-35-23-6-4-3-5-19(23)24(34-35)26-31-14-16(13-29)25(33-26)32-17-7-9-30-10-8-17/h3-12H,2,13-15,29H2,1H3,(H,30,32)(H,31,33). The van der Waals surface area contributed by atoms with E-state index in [9.17, 15) is 8.78 Å². The fourth-order valence-electron chi connectivity index (χ4n) is 4.05. The molecule has 0 spiro atoms. The quantitative estimate of drug-likeness (QED) is 0.348. The summed E-state index contributed by atoms with van der Waals surface area (Å²) >= 11 is 0. The van der Waals surface area contributed by atoms with E-state index in [1.807, 2.05) is 36.4 Å². The molecule has 4 aromatic rings. The summed E-state index contributed by atoms with van der Waals surface area (Å²) in [5.74, 6) is 0.0289. The highest BCUT2D eigenvalue weighted by Crippen LogP contribution is 2.25. The molecule has 184 valence electrons. The Hall–Kier alpha value is -4.31. The van der Waals surface area contributed by atoms with Crippen molar-refractivity contribution < 1.29 is 13.5 Å². The molecule has 1 aliphatic heterocycles. The van der Waals surface area contributed by atoms with E-state index in [0.29, 0.717) is 31.2 Å². The van der Waals surface area contributed by atoms with E-state index >= 15 is 0 Å². The molecule has 0 amide bonds. The molecule has 0 atom stereocenters. The zero-order chi connectivity index (χ0) is 25.1. The maximum Gasteiger partial charge on any atom is 0.155 e. The number of amidine groups is 1. The van der Waals surface area contributed by atoms with Crippen LogP contribution in [0.25, 0.3) is 10.9 Å². The normalized spacial score (nSPS) is 13.5. The van der Waals surface area contributed by atoms with Crippen molar-refractivity contribution in [3.63, 3.8) is 0 Å². The number of hydrogen-bond donors (Lipinski definition) is 3. The summed E-state index contributed by atoms with van der Waals surface area (Å²) < 4.78 is 36.4. The van der Waals surface area contributed by atoms with E-state index < -0.39 is 11.6 Å². The average Bonchev–Trinajstić information content (AvgIpc) is 3.25. The van der Waals surface area contributed by atoms with Gasteiger partial charge in [0.1, 0.15) is 28.9 Å². The molecule has 4 N–H and O–H groups in total. The maximum absolute atomic E-state index is 14.8. The van der Waals surface area contributed by atoms with Crippen LogP contribution in [0.1, 0.15) is 18.2 Å². The molecule has 1 aliphatic rings. The first-order valence-electron chi connectivity index (χ1n) is 11.5. The molecule has 36 heavy (non-hydrogen) atoms. The molecule has 0 aliphatic carbocycles. The Balaban J connectivity index is 1.48. The number of halogens is 2. The molecule has 0 saturated heterocycles. The minimum atomic E-state index is -0.688. The van der Waals surface area contributed by atoms with Crippen LogP contribution < -0.4 is 21.1 Å². The third-order valence-electron chi connectivity index (χ3n) is 5.84. The number of aromatic nitrogens is 3. The van der Waals surface area contributed by atoms with Gasteiger partial charge in [0.2, 0.25) is 0 Å². The van der Waals surface area contributed by atoms with Gasteiger partial charge in [-0.05, 0) is 25.1 Å². The van der Waals surface area contributed by atoms with Crippen molar-refractivity contribution in [2.45, 2.75) is 13.5 Å². The first-order chi connectivity index (χ1) is 17.6. The van der Waals surface area contributed by atoms with E-state index in [0.717, 1.165) is 28.0 Å². The number of para-hydroxylation sites is 1. The number of aliphatic imine (C=N–C) groups is 1. The Bertz CT molecular complexity index is 1440. The molecule has 10 heteroatoms. The Morgan fingerprint density at radius 1 is 1.11 bits per heavy atom. The number of nitrogens with one attached hydrogen (secondary N) is 2. The van der Waals surface area contributed by atoms with Gasteiger partial charge in [0.15, 0.2) is 5.84 Å². The monoisotopic (exact) mass is 489 g/mol. The van der Waals surface area contributed by atoms with E-state index in [4.69, 9.17) is 15.6 Å². The van der Waals surface area contributed by atoms with Gasteiger partial charge in [-0.15, -0.1) is 0 Å². The van der Waals surface area contributed by atoms with Crippen molar-refractivity contribution in [3.8, 4) is 5.75 Å². The van der Waals surface area contributed by atoms with Crippen molar-refractivity contribution in [3.05, 3.63) is 95.2 Å². The topological polar surface area (TPSA) is 102 Å². The minimum Gasteiger partial charge on any atom is -0.494 e. The second kappa shape index (κ2) is 10.1. The molecule has 8 nitrogen and oxygen atoms in total. The summed E-state index contributed by atoms with van der Waals surface area (Å²) in [6.45, 7) is 2.69. The summed E-state index contributed by atoms with van der Waals surface area (Å²) in [6, 6.07) is 13.6. The lowest BCUT2D eigenvalue weighted by atomic mass is 10.1.